The van der Waals surface area contributed by atoms with E-state index in [4.69, 9.17) is 4.74 Å². The van der Waals surface area contributed by atoms with Crippen LogP contribution >= 0.6 is 22.6 Å². The summed E-state index contributed by atoms with van der Waals surface area (Å²) in [6.45, 7) is 11.8. The summed E-state index contributed by atoms with van der Waals surface area (Å²) in [7, 11) is 0. The summed E-state index contributed by atoms with van der Waals surface area (Å²) in [5, 5.41) is 2.41. The van der Waals surface area contributed by atoms with Gasteiger partial charge in [0.15, 0.2) is 4.11 Å². The molecular weight excluding hydrogens is 384 g/mol. The highest BCUT2D eigenvalue weighted by Crippen LogP contribution is 2.30. The number of hydrogen-bond donors (Lipinski definition) is 1. The molecule has 1 N–H and O–H groups in total. The molecule has 2 unspecified atom stereocenters. The van der Waals surface area contributed by atoms with E-state index in [-0.39, 0.29) is 9.53 Å². The molecule has 0 aromatic carbocycles. The van der Waals surface area contributed by atoms with Crippen LogP contribution in [0, 0.1) is 5.41 Å². The van der Waals surface area contributed by atoms with E-state index in [2.05, 4.69) is 34.5 Å². The lowest BCUT2D eigenvalue weighted by atomic mass is 9.95. The van der Waals surface area contributed by atoms with Gasteiger partial charge in [-0.1, -0.05) is 27.4 Å². The number of ether oxygens (including phenoxy) is 1. The largest absolute Gasteiger partial charge is 0.483 e. The quantitative estimate of drug-likeness (QED) is 0.436. The number of hydrogen-bond acceptors (Lipinski definition) is 3. The zero-order chi connectivity index (χ0) is 15.7. The monoisotopic (exact) mass is 404 g/mol. The summed E-state index contributed by atoms with van der Waals surface area (Å²) in [6, 6.07) is 0. The normalized spacial score (nSPS) is 21.3. The number of allylic oxidation sites excluding steroid dienone is 2. The molecule has 20 heavy (non-hydrogen) atoms. The van der Waals surface area contributed by atoms with Crippen LogP contribution in [0.5, 0.6) is 0 Å². The van der Waals surface area contributed by atoms with E-state index >= 15 is 0 Å². The zero-order valence-corrected chi connectivity index (χ0v) is 14.2. The van der Waals surface area contributed by atoms with E-state index in [9.17, 15) is 13.2 Å². The summed E-state index contributed by atoms with van der Waals surface area (Å²) in [5.41, 5.74) is -0.908. The van der Waals surface area contributed by atoms with E-state index in [0.29, 0.717) is 12.3 Å². The maximum atomic E-state index is 12.6. The molecule has 7 heteroatoms. The van der Waals surface area contributed by atoms with Crippen LogP contribution in [-0.2, 0) is 4.74 Å². The molecule has 0 aromatic rings. The molecule has 0 aromatic heterocycles. The van der Waals surface area contributed by atoms with Crippen molar-refractivity contribution >= 4 is 22.6 Å². The molecule has 0 radical (unpaired) electrons. The van der Waals surface area contributed by atoms with Crippen LogP contribution in [0.2, 0.25) is 0 Å². The number of nitrogens with zero attached hydrogens (tertiary/aromatic N) is 1. The molecule has 0 bridgehead atoms. The molecule has 0 aliphatic carbocycles. The summed E-state index contributed by atoms with van der Waals surface area (Å²) in [4.78, 5) is 1.58. The third-order valence-corrected chi connectivity index (χ3v) is 3.57. The molecule has 2 atom stereocenters. The van der Waals surface area contributed by atoms with Gasteiger partial charge in [0, 0.05) is 11.6 Å². The molecular formula is C13H20F3IN2O. The van der Waals surface area contributed by atoms with E-state index in [1.54, 1.807) is 11.8 Å². The van der Waals surface area contributed by atoms with Crippen molar-refractivity contribution in [2.24, 2.45) is 5.41 Å². The second-order valence-corrected chi connectivity index (χ2v) is 7.15. The van der Waals surface area contributed by atoms with Gasteiger partial charge in [-0.15, -0.1) is 0 Å². The van der Waals surface area contributed by atoms with Crippen LogP contribution < -0.4 is 5.32 Å². The molecule has 0 saturated carbocycles. The van der Waals surface area contributed by atoms with Crippen molar-refractivity contribution in [3.63, 3.8) is 0 Å². The van der Waals surface area contributed by atoms with Crippen molar-refractivity contribution in [1.82, 2.24) is 10.2 Å². The molecule has 1 aliphatic rings. The van der Waals surface area contributed by atoms with Gasteiger partial charge in [0.1, 0.15) is 5.70 Å². The van der Waals surface area contributed by atoms with Crippen LogP contribution in [0.4, 0.5) is 13.2 Å². The first-order chi connectivity index (χ1) is 8.91. The zero-order valence-electron chi connectivity index (χ0n) is 12.0. The lowest BCUT2D eigenvalue weighted by Gasteiger charge is -2.29. The number of alkyl halides is 4. The van der Waals surface area contributed by atoms with Crippen molar-refractivity contribution in [2.75, 3.05) is 6.54 Å². The Balaban J connectivity index is 2.61. The Morgan fingerprint density at radius 1 is 1.50 bits per heavy atom. The summed E-state index contributed by atoms with van der Waals surface area (Å²) in [5.74, 6) is 0.622. The first-order valence-electron chi connectivity index (χ1n) is 6.22. The maximum absolute atomic E-state index is 12.6. The smallest absolute Gasteiger partial charge is 0.432 e. The Hall–Kier alpha value is -0.600. The van der Waals surface area contributed by atoms with Crippen molar-refractivity contribution in [3.8, 4) is 0 Å². The highest BCUT2D eigenvalue weighted by molar-refractivity contribution is 14.1. The SMILES string of the molecule is C=C(OC(I)CN1C=C(C(F)(F)F)NC1C)C(C)(C)C. The van der Waals surface area contributed by atoms with Crippen LogP contribution in [0.25, 0.3) is 0 Å². The van der Waals surface area contributed by atoms with Gasteiger partial charge in [-0.3, -0.25) is 0 Å². The van der Waals surface area contributed by atoms with Crippen LogP contribution in [0.15, 0.2) is 24.2 Å². The minimum absolute atomic E-state index is 0.189. The summed E-state index contributed by atoms with van der Waals surface area (Å²) >= 11 is 2.06. The first-order valence-corrected chi connectivity index (χ1v) is 7.47. The molecule has 116 valence electrons. The fourth-order valence-electron chi connectivity index (χ4n) is 1.52. The highest BCUT2D eigenvalue weighted by atomic mass is 127. The summed E-state index contributed by atoms with van der Waals surface area (Å²) in [6.07, 6.45) is -3.66. The van der Waals surface area contributed by atoms with Gasteiger partial charge in [0.05, 0.1) is 18.5 Å². The first kappa shape index (κ1) is 17.5. The number of nitrogens with one attached hydrogen (secondary N) is 1. The van der Waals surface area contributed by atoms with Crippen molar-refractivity contribution in [3.05, 3.63) is 24.2 Å². The Morgan fingerprint density at radius 3 is 2.45 bits per heavy atom. The van der Waals surface area contributed by atoms with Crippen molar-refractivity contribution < 1.29 is 17.9 Å². The fraction of sp³-hybridized carbons (Fsp3) is 0.692. The Bertz CT molecular complexity index is 401. The Morgan fingerprint density at radius 2 is 2.05 bits per heavy atom. The standard InChI is InChI=1S/C13H20F3IN2O/c1-8(12(3,4)5)20-11(17)7-19-6-10(13(14,15)16)18-9(19)2/h6,9,11,18H,1,7H2,2-5H3. The van der Waals surface area contributed by atoms with Crippen LogP contribution in [0.3, 0.4) is 0 Å². The average molecular weight is 404 g/mol. The van der Waals surface area contributed by atoms with Gasteiger partial charge in [-0.05, 0) is 29.5 Å². The molecule has 0 spiro atoms. The molecule has 1 rings (SSSR count). The van der Waals surface area contributed by atoms with Crippen LogP contribution in [-0.4, -0.2) is 27.9 Å². The molecule has 0 fully saturated rings. The fourth-order valence-corrected chi connectivity index (χ4v) is 2.28. The Kier molecular flexibility index (Phi) is 5.26. The van der Waals surface area contributed by atoms with E-state index < -0.39 is 18.0 Å². The molecule has 0 saturated heterocycles. The topological polar surface area (TPSA) is 24.5 Å². The minimum Gasteiger partial charge on any atom is -0.483 e. The van der Waals surface area contributed by atoms with Gasteiger partial charge in [0.25, 0.3) is 0 Å². The average Bonchev–Trinajstić information content (AvgIpc) is 2.58. The van der Waals surface area contributed by atoms with Crippen LogP contribution in [0.1, 0.15) is 27.7 Å². The van der Waals surface area contributed by atoms with E-state index in [1.807, 2.05) is 20.8 Å². The van der Waals surface area contributed by atoms with Gasteiger partial charge in [-0.2, -0.15) is 13.2 Å². The Labute approximate surface area is 131 Å². The molecule has 1 aliphatic heterocycles. The third-order valence-electron chi connectivity index (χ3n) is 2.92. The van der Waals surface area contributed by atoms with E-state index in [0.717, 1.165) is 6.20 Å². The van der Waals surface area contributed by atoms with E-state index in [1.165, 1.54) is 0 Å². The molecule has 1 heterocycles. The maximum Gasteiger partial charge on any atom is 0.432 e. The number of halogens is 4. The lowest BCUT2D eigenvalue weighted by Crippen LogP contribution is -2.38. The van der Waals surface area contributed by atoms with Gasteiger partial charge >= 0.3 is 6.18 Å². The predicted molar refractivity (Wildman–Crippen MR) is 80.9 cm³/mol. The summed E-state index contributed by atoms with van der Waals surface area (Å²) < 4.78 is 43.2. The van der Waals surface area contributed by atoms with Crippen molar-refractivity contribution in [2.45, 2.75) is 44.1 Å². The number of rotatable bonds is 4. The minimum atomic E-state index is -4.35. The van der Waals surface area contributed by atoms with Gasteiger partial charge < -0.3 is 15.0 Å². The molecule has 3 nitrogen and oxygen atoms in total. The third kappa shape index (κ3) is 4.75. The molecule has 0 amide bonds. The van der Waals surface area contributed by atoms with Gasteiger partial charge in [-0.25, -0.2) is 0 Å². The highest BCUT2D eigenvalue weighted by Gasteiger charge is 2.39. The predicted octanol–water partition coefficient (Wildman–Crippen LogP) is 3.98. The lowest BCUT2D eigenvalue weighted by molar-refractivity contribution is -0.0962. The van der Waals surface area contributed by atoms with Crippen molar-refractivity contribution in [1.29, 1.82) is 0 Å². The second-order valence-electron chi connectivity index (χ2n) is 5.76. The second kappa shape index (κ2) is 6.03. The van der Waals surface area contributed by atoms with Gasteiger partial charge in [0.2, 0.25) is 0 Å².